The summed E-state index contributed by atoms with van der Waals surface area (Å²) in [5, 5.41) is 8.26. The first kappa shape index (κ1) is 14.2. The molecule has 1 unspecified atom stereocenters. The van der Waals surface area contributed by atoms with Crippen LogP contribution in [0.1, 0.15) is 37.9 Å². The minimum atomic E-state index is 0.613. The largest absolute Gasteiger partial charge is 0.339 e. The average Bonchev–Trinajstić information content (AvgIpc) is 3.12. The van der Waals surface area contributed by atoms with E-state index in [1.54, 1.807) is 12.7 Å². The van der Waals surface area contributed by atoms with Crippen LogP contribution >= 0.6 is 0 Å². The fourth-order valence-electron chi connectivity index (χ4n) is 2.91. The van der Waals surface area contributed by atoms with Crippen molar-refractivity contribution in [1.82, 2.24) is 29.8 Å². The maximum absolute atomic E-state index is 5.25. The number of aryl methyl sites for hydroxylation is 1. The molecule has 1 saturated heterocycles. The first-order chi connectivity index (χ1) is 10.3. The molecule has 0 aromatic carbocycles. The van der Waals surface area contributed by atoms with Gasteiger partial charge in [-0.05, 0) is 31.7 Å². The van der Waals surface area contributed by atoms with Crippen molar-refractivity contribution in [2.75, 3.05) is 13.1 Å². The molecule has 21 heavy (non-hydrogen) atoms. The molecule has 0 amide bonds. The van der Waals surface area contributed by atoms with Gasteiger partial charge in [0.15, 0.2) is 5.82 Å². The van der Waals surface area contributed by atoms with Crippen LogP contribution in [-0.4, -0.2) is 42.9 Å². The molecule has 1 aliphatic rings. The van der Waals surface area contributed by atoms with Gasteiger partial charge >= 0.3 is 0 Å². The summed E-state index contributed by atoms with van der Waals surface area (Å²) in [6.45, 7) is 5.98. The van der Waals surface area contributed by atoms with E-state index in [2.05, 4.69) is 32.0 Å². The predicted molar refractivity (Wildman–Crippen MR) is 76.3 cm³/mol. The first-order valence-electron chi connectivity index (χ1n) is 7.69. The van der Waals surface area contributed by atoms with Gasteiger partial charge in [0.25, 0.3) is 0 Å². The Morgan fingerprint density at radius 3 is 3.19 bits per heavy atom. The van der Waals surface area contributed by atoms with Gasteiger partial charge in [0, 0.05) is 19.5 Å². The van der Waals surface area contributed by atoms with Crippen LogP contribution < -0.4 is 0 Å². The van der Waals surface area contributed by atoms with Gasteiger partial charge < -0.3 is 4.52 Å². The molecule has 1 fully saturated rings. The lowest BCUT2D eigenvalue weighted by molar-refractivity contribution is 0.149. The summed E-state index contributed by atoms with van der Waals surface area (Å²) in [6.07, 6.45) is 7.72. The smallest absolute Gasteiger partial charge is 0.226 e. The molecule has 114 valence electrons. The Kier molecular flexibility index (Phi) is 4.59. The van der Waals surface area contributed by atoms with Crippen LogP contribution in [0.15, 0.2) is 17.2 Å². The molecule has 7 nitrogen and oxygen atoms in total. The van der Waals surface area contributed by atoms with E-state index in [1.807, 2.05) is 4.68 Å². The molecule has 0 radical (unpaired) electrons. The summed E-state index contributed by atoms with van der Waals surface area (Å²) < 4.78 is 7.17. The van der Waals surface area contributed by atoms with Crippen LogP contribution in [0.3, 0.4) is 0 Å². The lowest BCUT2D eigenvalue weighted by Gasteiger charge is -2.31. The van der Waals surface area contributed by atoms with Crippen molar-refractivity contribution in [1.29, 1.82) is 0 Å². The van der Waals surface area contributed by atoms with Crippen LogP contribution in [0.2, 0.25) is 0 Å². The maximum Gasteiger partial charge on any atom is 0.226 e. The highest BCUT2D eigenvalue weighted by Crippen LogP contribution is 2.19. The van der Waals surface area contributed by atoms with E-state index in [0.29, 0.717) is 5.92 Å². The Bertz CT molecular complexity index is 537. The third kappa shape index (κ3) is 3.87. The zero-order valence-corrected chi connectivity index (χ0v) is 12.5. The van der Waals surface area contributed by atoms with Gasteiger partial charge in [0.05, 0.1) is 6.54 Å². The second-order valence-corrected chi connectivity index (χ2v) is 5.72. The highest BCUT2D eigenvalue weighted by atomic mass is 16.5. The lowest BCUT2D eigenvalue weighted by atomic mass is 9.98. The van der Waals surface area contributed by atoms with Gasteiger partial charge in [-0.3, -0.25) is 9.58 Å². The molecule has 0 spiro atoms. The Hall–Kier alpha value is -1.76. The standard InChI is InChI=1S/C14H22N6O/c1-2-4-14-17-13(18-21-14)9-19-6-3-5-12(7-19)8-20-11-15-10-16-20/h10-12H,2-9H2,1H3. The highest BCUT2D eigenvalue weighted by Gasteiger charge is 2.22. The monoisotopic (exact) mass is 290 g/mol. The number of rotatable bonds is 6. The number of nitrogens with zero attached hydrogens (tertiary/aromatic N) is 6. The van der Waals surface area contributed by atoms with Crippen LogP contribution in [0.5, 0.6) is 0 Å². The number of hydrogen-bond acceptors (Lipinski definition) is 6. The molecule has 0 bridgehead atoms. The van der Waals surface area contributed by atoms with E-state index in [9.17, 15) is 0 Å². The van der Waals surface area contributed by atoms with Crippen molar-refractivity contribution in [2.45, 2.75) is 45.7 Å². The molecule has 1 atom stereocenters. The molecule has 1 aliphatic heterocycles. The number of piperidine rings is 1. The summed E-state index contributed by atoms with van der Waals surface area (Å²) >= 11 is 0. The zero-order valence-electron chi connectivity index (χ0n) is 12.5. The summed E-state index contributed by atoms with van der Waals surface area (Å²) in [6, 6.07) is 0. The van der Waals surface area contributed by atoms with Crippen molar-refractivity contribution in [3.63, 3.8) is 0 Å². The van der Waals surface area contributed by atoms with Crippen LogP contribution in [0.4, 0.5) is 0 Å². The van der Waals surface area contributed by atoms with Gasteiger partial charge in [-0.1, -0.05) is 12.1 Å². The second-order valence-electron chi connectivity index (χ2n) is 5.72. The minimum absolute atomic E-state index is 0.613. The van der Waals surface area contributed by atoms with E-state index in [1.165, 1.54) is 12.8 Å². The van der Waals surface area contributed by atoms with Gasteiger partial charge in [0.2, 0.25) is 5.89 Å². The average molecular weight is 290 g/mol. The van der Waals surface area contributed by atoms with Crippen LogP contribution in [0, 0.1) is 5.92 Å². The van der Waals surface area contributed by atoms with Gasteiger partial charge in [-0.25, -0.2) is 4.98 Å². The molecule has 3 rings (SSSR count). The molecule has 0 saturated carbocycles. The van der Waals surface area contributed by atoms with Gasteiger partial charge in [-0.15, -0.1) is 0 Å². The van der Waals surface area contributed by atoms with Crippen molar-refractivity contribution >= 4 is 0 Å². The molecular formula is C14H22N6O. The molecule has 2 aromatic heterocycles. The van der Waals surface area contributed by atoms with Crippen molar-refractivity contribution in [2.24, 2.45) is 5.92 Å². The van der Waals surface area contributed by atoms with Gasteiger partial charge in [-0.2, -0.15) is 10.1 Å². The quantitative estimate of drug-likeness (QED) is 0.803. The topological polar surface area (TPSA) is 72.9 Å². The second kappa shape index (κ2) is 6.80. The van der Waals surface area contributed by atoms with Crippen molar-refractivity contribution in [3.8, 4) is 0 Å². The van der Waals surface area contributed by atoms with Crippen LogP contribution in [-0.2, 0) is 19.5 Å². The number of likely N-dealkylation sites (tertiary alicyclic amines) is 1. The molecule has 0 aliphatic carbocycles. The molecular weight excluding hydrogens is 268 g/mol. The minimum Gasteiger partial charge on any atom is -0.339 e. The Morgan fingerprint density at radius 2 is 2.38 bits per heavy atom. The molecule has 3 heterocycles. The summed E-state index contributed by atoms with van der Waals surface area (Å²) in [4.78, 5) is 10.9. The highest BCUT2D eigenvalue weighted by molar-refractivity contribution is 4.87. The molecule has 2 aromatic rings. The fraction of sp³-hybridized carbons (Fsp3) is 0.714. The maximum atomic E-state index is 5.25. The Balaban J connectivity index is 1.53. The van der Waals surface area contributed by atoms with Crippen molar-refractivity contribution < 1.29 is 4.52 Å². The molecule has 7 heteroatoms. The summed E-state index contributed by atoms with van der Waals surface area (Å²) in [7, 11) is 0. The van der Waals surface area contributed by atoms with Crippen molar-refractivity contribution in [3.05, 3.63) is 24.4 Å². The zero-order chi connectivity index (χ0) is 14.5. The SMILES string of the molecule is CCCc1nc(CN2CCCC(Cn3cncn3)C2)no1. The van der Waals surface area contributed by atoms with Crippen LogP contribution in [0.25, 0.3) is 0 Å². The number of aromatic nitrogens is 5. The predicted octanol–water partition coefficient (Wildman–Crippen LogP) is 1.53. The number of hydrogen-bond donors (Lipinski definition) is 0. The Labute approximate surface area is 124 Å². The summed E-state index contributed by atoms with van der Waals surface area (Å²) in [5.41, 5.74) is 0. The third-order valence-electron chi connectivity index (χ3n) is 3.85. The molecule has 0 N–H and O–H groups in total. The Morgan fingerprint density at radius 1 is 1.43 bits per heavy atom. The summed E-state index contributed by atoms with van der Waals surface area (Å²) in [5.74, 6) is 2.17. The van der Waals surface area contributed by atoms with E-state index in [-0.39, 0.29) is 0 Å². The first-order valence-corrected chi connectivity index (χ1v) is 7.69. The lowest BCUT2D eigenvalue weighted by Crippen LogP contribution is -2.36. The van der Waals surface area contributed by atoms with E-state index < -0.39 is 0 Å². The van der Waals surface area contributed by atoms with Gasteiger partial charge in [0.1, 0.15) is 12.7 Å². The van der Waals surface area contributed by atoms with E-state index in [0.717, 1.165) is 50.7 Å². The fourth-order valence-corrected chi connectivity index (χ4v) is 2.91. The van der Waals surface area contributed by atoms with E-state index in [4.69, 9.17) is 4.52 Å². The van der Waals surface area contributed by atoms with E-state index >= 15 is 0 Å². The normalized spacial score (nSPS) is 20.0. The third-order valence-corrected chi connectivity index (χ3v) is 3.85.